The van der Waals surface area contributed by atoms with Gasteiger partial charge in [0.1, 0.15) is 0 Å². The fourth-order valence-corrected chi connectivity index (χ4v) is 2.50. The molecule has 1 atom stereocenters. The summed E-state index contributed by atoms with van der Waals surface area (Å²) >= 11 is 0. The maximum atomic E-state index is 11.9. The number of nitrogens with one attached hydrogen (secondary N) is 2. The van der Waals surface area contributed by atoms with Crippen molar-refractivity contribution in [2.75, 3.05) is 6.54 Å². The fraction of sp³-hybridized carbons (Fsp3) is 0.909. The molecule has 0 aromatic heterocycles. The zero-order valence-electron chi connectivity index (χ0n) is 8.94. The standard InChI is InChI=1S/C11H20N2O/c1-11(7-4-8-12-11)10(14)13-9-5-2-3-6-9/h9,12H,2-8H2,1H3,(H,13,14). The Kier molecular flexibility index (Phi) is 2.77. The van der Waals surface area contributed by atoms with Gasteiger partial charge in [-0.1, -0.05) is 12.8 Å². The van der Waals surface area contributed by atoms with E-state index in [4.69, 9.17) is 0 Å². The van der Waals surface area contributed by atoms with Gasteiger partial charge in [0.15, 0.2) is 0 Å². The first-order chi connectivity index (χ1) is 6.71. The maximum absolute atomic E-state index is 11.9. The van der Waals surface area contributed by atoms with E-state index in [1.54, 1.807) is 0 Å². The number of hydrogen-bond acceptors (Lipinski definition) is 2. The van der Waals surface area contributed by atoms with Crippen LogP contribution in [-0.4, -0.2) is 24.0 Å². The summed E-state index contributed by atoms with van der Waals surface area (Å²) < 4.78 is 0. The van der Waals surface area contributed by atoms with Gasteiger partial charge in [0.2, 0.25) is 5.91 Å². The van der Waals surface area contributed by atoms with Crippen molar-refractivity contribution >= 4 is 5.91 Å². The normalized spacial score (nSPS) is 33.5. The fourth-order valence-electron chi connectivity index (χ4n) is 2.50. The van der Waals surface area contributed by atoms with E-state index in [2.05, 4.69) is 10.6 Å². The first kappa shape index (κ1) is 9.97. The second kappa shape index (κ2) is 3.89. The lowest BCUT2D eigenvalue weighted by atomic mass is 9.99. The lowest BCUT2D eigenvalue weighted by molar-refractivity contribution is -0.127. The van der Waals surface area contributed by atoms with Crippen LogP contribution in [0.15, 0.2) is 0 Å². The van der Waals surface area contributed by atoms with Crippen molar-refractivity contribution in [2.24, 2.45) is 0 Å². The highest BCUT2D eigenvalue weighted by molar-refractivity contribution is 5.86. The van der Waals surface area contributed by atoms with E-state index in [1.807, 2.05) is 6.92 Å². The van der Waals surface area contributed by atoms with Gasteiger partial charge in [0.25, 0.3) is 0 Å². The van der Waals surface area contributed by atoms with Crippen LogP contribution in [0.2, 0.25) is 0 Å². The molecule has 0 bridgehead atoms. The molecule has 2 N–H and O–H groups in total. The highest BCUT2D eigenvalue weighted by Gasteiger charge is 2.36. The lowest BCUT2D eigenvalue weighted by Crippen LogP contribution is -2.53. The molecular weight excluding hydrogens is 176 g/mol. The van der Waals surface area contributed by atoms with Crippen molar-refractivity contribution < 1.29 is 4.79 Å². The third-order valence-corrected chi connectivity index (χ3v) is 3.56. The zero-order chi connectivity index (χ0) is 10.0. The van der Waals surface area contributed by atoms with Crippen molar-refractivity contribution in [3.63, 3.8) is 0 Å². The van der Waals surface area contributed by atoms with Crippen LogP contribution in [0.25, 0.3) is 0 Å². The van der Waals surface area contributed by atoms with Crippen LogP contribution in [0.4, 0.5) is 0 Å². The summed E-state index contributed by atoms with van der Waals surface area (Å²) in [5.74, 6) is 0.210. The van der Waals surface area contributed by atoms with Gasteiger partial charge in [-0.25, -0.2) is 0 Å². The third-order valence-electron chi connectivity index (χ3n) is 3.56. The van der Waals surface area contributed by atoms with E-state index in [-0.39, 0.29) is 11.4 Å². The molecule has 1 aliphatic carbocycles. The summed E-state index contributed by atoms with van der Waals surface area (Å²) in [4.78, 5) is 11.9. The summed E-state index contributed by atoms with van der Waals surface area (Å²) in [5.41, 5.74) is -0.289. The third kappa shape index (κ3) is 1.92. The molecule has 2 aliphatic rings. The second-order valence-electron chi connectivity index (χ2n) is 4.82. The van der Waals surface area contributed by atoms with Gasteiger partial charge in [0, 0.05) is 6.04 Å². The zero-order valence-corrected chi connectivity index (χ0v) is 8.94. The van der Waals surface area contributed by atoms with Gasteiger partial charge in [0.05, 0.1) is 5.54 Å². The van der Waals surface area contributed by atoms with Gasteiger partial charge in [-0.3, -0.25) is 4.79 Å². The molecule has 1 heterocycles. The summed E-state index contributed by atoms with van der Waals surface area (Å²) in [6, 6.07) is 0.446. The predicted molar refractivity (Wildman–Crippen MR) is 56.0 cm³/mol. The van der Waals surface area contributed by atoms with Gasteiger partial charge in [-0.15, -0.1) is 0 Å². The number of amides is 1. The Labute approximate surface area is 85.6 Å². The number of carbonyl (C=O) groups excluding carboxylic acids is 1. The Morgan fingerprint density at radius 2 is 2.07 bits per heavy atom. The highest BCUT2D eigenvalue weighted by atomic mass is 16.2. The van der Waals surface area contributed by atoms with E-state index in [9.17, 15) is 4.79 Å². The molecule has 0 radical (unpaired) electrons. The van der Waals surface area contributed by atoms with E-state index in [0.29, 0.717) is 6.04 Å². The first-order valence-corrected chi connectivity index (χ1v) is 5.77. The van der Waals surface area contributed by atoms with Crippen LogP contribution >= 0.6 is 0 Å². The van der Waals surface area contributed by atoms with Crippen molar-refractivity contribution in [3.8, 4) is 0 Å². The molecule has 2 fully saturated rings. The molecule has 2 rings (SSSR count). The van der Waals surface area contributed by atoms with Crippen molar-refractivity contribution in [1.29, 1.82) is 0 Å². The van der Waals surface area contributed by atoms with E-state index < -0.39 is 0 Å². The lowest BCUT2D eigenvalue weighted by Gasteiger charge is -2.25. The monoisotopic (exact) mass is 196 g/mol. The highest BCUT2D eigenvalue weighted by Crippen LogP contribution is 2.22. The average Bonchev–Trinajstić information content (AvgIpc) is 2.76. The minimum absolute atomic E-state index is 0.210. The van der Waals surface area contributed by atoms with Gasteiger partial charge < -0.3 is 10.6 Å². The predicted octanol–water partition coefficient (Wildman–Crippen LogP) is 1.19. The molecule has 3 heteroatoms. The minimum atomic E-state index is -0.289. The van der Waals surface area contributed by atoms with Crippen LogP contribution < -0.4 is 10.6 Å². The summed E-state index contributed by atoms with van der Waals surface area (Å²) in [7, 11) is 0. The molecule has 1 saturated carbocycles. The summed E-state index contributed by atoms with van der Waals surface area (Å²) in [6.45, 7) is 3.00. The molecule has 0 spiro atoms. The maximum Gasteiger partial charge on any atom is 0.240 e. The largest absolute Gasteiger partial charge is 0.352 e. The van der Waals surface area contributed by atoms with E-state index in [1.165, 1.54) is 25.7 Å². The first-order valence-electron chi connectivity index (χ1n) is 5.77. The Hall–Kier alpha value is -0.570. The minimum Gasteiger partial charge on any atom is -0.352 e. The van der Waals surface area contributed by atoms with Gasteiger partial charge in [-0.05, 0) is 39.2 Å². The second-order valence-corrected chi connectivity index (χ2v) is 4.82. The van der Waals surface area contributed by atoms with Crippen molar-refractivity contribution in [3.05, 3.63) is 0 Å². The quantitative estimate of drug-likeness (QED) is 0.696. The van der Waals surface area contributed by atoms with Crippen molar-refractivity contribution in [2.45, 2.75) is 57.0 Å². The van der Waals surface area contributed by atoms with Crippen LogP contribution in [0, 0.1) is 0 Å². The number of hydrogen-bond donors (Lipinski definition) is 2. The number of carbonyl (C=O) groups is 1. The molecule has 1 unspecified atom stereocenters. The smallest absolute Gasteiger partial charge is 0.240 e. The van der Waals surface area contributed by atoms with Gasteiger partial charge >= 0.3 is 0 Å². The Balaban J connectivity index is 1.87. The van der Waals surface area contributed by atoms with Crippen LogP contribution in [0.5, 0.6) is 0 Å². The summed E-state index contributed by atoms with van der Waals surface area (Å²) in [6.07, 6.45) is 6.98. The van der Waals surface area contributed by atoms with Crippen LogP contribution in [-0.2, 0) is 4.79 Å². The molecule has 3 nitrogen and oxygen atoms in total. The van der Waals surface area contributed by atoms with E-state index in [0.717, 1.165) is 19.4 Å². The molecule has 14 heavy (non-hydrogen) atoms. The molecule has 1 saturated heterocycles. The Morgan fingerprint density at radius 3 is 2.64 bits per heavy atom. The Bertz CT molecular complexity index is 215. The molecule has 0 aromatic carbocycles. The van der Waals surface area contributed by atoms with Crippen molar-refractivity contribution in [1.82, 2.24) is 10.6 Å². The molecule has 1 aliphatic heterocycles. The molecule has 80 valence electrons. The molecule has 1 amide bonds. The average molecular weight is 196 g/mol. The molecular formula is C11H20N2O. The van der Waals surface area contributed by atoms with Gasteiger partial charge in [-0.2, -0.15) is 0 Å². The SMILES string of the molecule is CC1(C(=O)NC2CCCC2)CCCN1. The molecule has 0 aromatic rings. The van der Waals surface area contributed by atoms with Crippen LogP contribution in [0.1, 0.15) is 45.4 Å². The van der Waals surface area contributed by atoms with E-state index >= 15 is 0 Å². The number of rotatable bonds is 2. The topological polar surface area (TPSA) is 41.1 Å². The van der Waals surface area contributed by atoms with Crippen LogP contribution in [0.3, 0.4) is 0 Å². The Morgan fingerprint density at radius 1 is 1.36 bits per heavy atom. The summed E-state index contributed by atoms with van der Waals surface area (Å²) in [5, 5.41) is 6.45.